The molecule has 0 radical (unpaired) electrons. The first-order chi connectivity index (χ1) is 9.19. The van der Waals surface area contributed by atoms with Crippen LogP contribution in [0.1, 0.15) is 30.0 Å². The number of rotatable bonds is 6. The van der Waals surface area contributed by atoms with Crippen LogP contribution in [0.5, 0.6) is 0 Å². The summed E-state index contributed by atoms with van der Waals surface area (Å²) in [5, 5.41) is 3.33. The maximum absolute atomic E-state index is 13.1. The van der Waals surface area contributed by atoms with Crippen molar-refractivity contribution in [2.45, 2.75) is 25.3 Å². The van der Waals surface area contributed by atoms with E-state index in [0.717, 1.165) is 22.8 Å². The van der Waals surface area contributed by atoms with E-state index in [1.165, 1.54) is 6.07 Å². The normalized spacial score (nSPS) is 12.6. The molecule has 4 heteroatoms. The average molecular weight is 279 g/mol. The fourth-order valence-corrected chi connectivity index (χ4v) is 2.32. The highest BCUT2D eigenvalue weighted by Crippen LogP contribution is 2.16. The molecule has 0 aliphatic carbocycles. The molecule has 1 aromatic heterocycles. The van der Waals surface area contributed by atoms with E-state index in [1.54, 1.807) is 23.9 Å². The summed E-state index contributed by atoms with van der Waals surface area (Å²) in [5.41, 5.74) is 0.941. The molecule has 1 N–H and O–H groups in total. The van der Waals surface area contributed by atoms with E-state index >= 15 is 0 Å². The minimum atomic E-state index is -0.202. The number of hydrogen-bond donors (Lipinski definition) is 1. The van der Waals surface area contributed by atoms with Crippen molar-refractivity contribution in [2.75, 3.05) is 6.26 Å². The minimum Gasteiger partial charge on any atom is -0.464 e. The molecule has 1 heterocycles. The molecule has 0 amide bonds. The predicted molar refractivity (Wildman–Crippen MR) is 77.6 cm³/mol. The number of hydrogen-bond acceptors (Lipinski definition) is 3. The van der Waals surface area contributed by atoms with Gasteiger partial charge in [-0.1, -0.05) is 12.1 Å². The predicted octanol–water partition coefficient (Wildman–Crippen LogP) is 4.13. The van der Waals surface area contributed by atoms with Gasteiger partial charge in [-0.25, -0.2) is 4.39 Å². The van der Waals surface area contributed by atoms with E-state index in [-0.39, 0.29) is 11.9 Å². The number of benzene rings is 1. The van der Waals surface area contributed by atoms with Gasteiger partial charge in [-0.05, 0) is 43.0 Å². The van der Waals surface area contributed by atoms with Crippen LogP contribution in [0.4, 0.5) is 4.39 Å². The Labute approximate surface area is 117 Å². The van der Waals surface area contributed by atoms with Crippen LogP contribution in [-0.4, -0.2) is 6.26 Å². The summed E-state index contributed by atoms with van der Waals surface area (Å²) in [6.45, 7) is 2.66. The summed E-state index contributed by atoms with van der Waals surface area (Å²) in [7, 11) is 0. The topological polar surface area (TPSA) is 25.2 Å². The fourth-order valence-electron chi connectivity index (χ4n) is 1.88. The van der Waals surface area contributed by atoms with Crippen molar-refractivity contribution in [1.29, 1.82) is 0 Å². The van der Waals surface area contributed by atoms with Crippen LogP contribution in [0.15, 0.2) is 40.8 Å². The molecule has 0 spiro atoms. The van der Waals surface area contributed by atoms with Crippen LogP contribution in [0.3, 0.4) is 0 Å². The van der Waals surface area contributed by atoms with E-state index in [2.05, 4.69) is 5.32 Å². The lowest BCUT2D eigenvalue weighted by atomic mass is 10.1. The summed E-state index contributed by atoms with van der Waals surface area (Å²) >= 11 is 1.74. The zero-order valence-electron chi connectivity index (χ0n) is 11.2. The molecular formula is C15H18FNOS. The van der Waals surface area contributed by atoms with Gasteiger partial charge in [0.05, 0.1) is 12.3 Å². The van der Waals surface area contributed by atoms with Crippen LogP contribution in [-0.2, 0) is 12.3 Å². The summed E-state index contributed by atoms with van der Waals surface area (Å²) in [4.78, 5) is 0. The number of nitrogens with one attached hydrogen (secondary N) is 1. The highest BCUT2D eigenvalue weighted by Gasteiger charge is 2.07. The van der Waals surface area contributed by atoms with Crippen LogP contribution >= 0.6 is 11.8 Å². The Balaban J connectivity index is 1.90. The van der Waals surface area contributed by atoms with E-state index < -0.39 is 0 Å². The largest absolute Gasteiger partial charge is 0.464 e. The van der Waals surface area contributed by atoms with Crippen molar-refractivity contribution in [3.05, 3.63) is 59.3 Å². The summed E-state index contributed by atoms with van der Waals surface area (Å²) in [6, 6.07) is 10.7. The first kappa shape index (κ1) is 14.2. The van der Waals surface area contributed by atoms with Crippen molar-refractivity contribution < 1.29 is 8.81 Å². The fraction of sp³-hybridized carbons (Fsp3) is 0.333. The minimum absolute atomic E-state index is 0.0878. The van der Waals surface area contributed by atoms with Gasteiger partial charge < -0.3 is 9.73 Å². The lowest BCUT2D eigenvalue weighted by molar-refractivity contribution is 0.442. The standard InChI is InChI=1S/C15H18FNOS/c1-11(12-4-3-5-13(16)8-12)17-9-14-6-7-15(18-14)10-19-2/h3-8,11,17H,9-10H2,1-2H3/t11-/m0/s1. The second-order valence-corrected chi connectivity index (χ2v) is 5.32. The first-order valence-corrected chi connectivity index (χ1v) is 7.64. The van der Waals surface area contributed by atoms with Crippen molar-refractivity contribution in [1.82, 2.24) is 5.32 Å². The number of thioether (sulfide) groups is 1. The second-order valence-electron chi connectivity index (χ2n) is 4.46. The molecule has 2 nitrogen and oxygen atoms in total. The molecule has 0 aliphatic heterocycles. The highest BCUT2D eigenvalue weighted by atomic mass is 32.2. The zero-order chi connectivity index (χ0) is 13.7. The Morgan fingerprint density at radius 2 is 2.05 bits per heavy atom. The van der Waals surface area contributed by atoms with Gasteiger partial charge in [-0.3, -0.25) is 0 Å². The van der Waals surface area contributed by atoms with Crippen molar-refractivity contribution in [2.24, 2.45) is 0 Å². The highest BCUT2D eigenvalue weighted by molar-refractivity contribution is 7.97. The second kappa shape index (κ2) is 6.78. The molecular weight excluding hydrogens is 261 g/mol. The van der Waals surface area contributed by atoms with Crippen molar-refractivity contribution in [3.8, 4) is 0 Å². The van der Waals surface area contributed by atoms with Crippen LogP contribution in [0, 0.1) is 5.82 Å². The lowest BCUT2D eigenvalue weighted by Crippen LogP contribution is -2.17. The van der Waals surface area contributed by atoms with E-state index in [4.69, 9.17) is 4.42 Å². The molecule has 102 valence electrons. The van der Waals surface area contributed by atoms with Crippen molar-refractivity contribution in [3.63, 3.8) is 0 Å². The Kier molecular flexibility index (Phi) is 5.05. The number of furan rings is 1. The molecule has 0 saturated heterocycles. The molecule has 0 aliphatic rings. The van der Waals surface area contributed by atoms with Gasteiger partial charge in [0.2, 0.25) is 0 Å². The van der Waals surface area contributed by atoms with Gasteiger partial charge in [0.15, 0.2) is 0 Å². The molecule has 1 atom stereocenters. The molecule has 1 aromatic carbocycles. The van der Waals surface area contributed by atoms with Crippen LogP contribution in [0.2, 0.25) is 0 Å². The first-order valence-electron chi connectivity index (χ1n) is 6.24. The smallest absolute Gasteiger partial charge is 0.123 e. The quantitative estimate of drug-likeness (QED) is 0.860. The van der Waals surface area contributed by atoms with Gasteiger partial charge in [-0.15, -0.1) is 0 Å². The zero-order valence-corrected chi connectivity index (χ0v) is 12.0. The molecule has 2 aromatic rings. The van der Waals surface area contributed by atoms with Crippen molar-refractivity contribution >= 4 is 11.8 Å². The Bertz CT molecular complexity index is 526. The maximum atomic E-state index is 13.1. The molecule has 0 fully saturated rings. The van der Waals surface area contributed by atoms with Crippen LogP contribution in [0.25, 0.3) is 0 Å². The van der Waals surface area contributed by atoms with E-state index in [9.17, 15) is 4.39 Å². The van der Waals surface area contributed by atoms with E-state index in [1.807, 2.05) is 31.4 Å². The Hall–Kier alpha value is -1.26. The molecule has 0 saturated carbocycles. The maximum Gasteiger partial charge on any atom is 0.123 e. The molecule has 19 heavy (non-hydrogen) atoms. The van der Waals surface area contributed by atoms with Gasteiger partial charge in [0, 0.05) is 6.04 Å². The van der Waals surface area contributed by atoms with Gasteiger partial charge in [-0.2, -0.15) is 11.8 Å². The summed E-state index contributed by atoms with van der Waals surface area (Å²) < 4.78 is 18.8. The van der Waals surface area contributed by atoms with Gasteiger partial charge in [0.25, 0.3) is 0 Å². The van der Waals surface area contributed by atoms with Gasteiger partial charge in [0.1, 0.15) is 17.3 Å². The van der Waals surface area contributed by atoms with E-state index in [0.29, 0.717) is 6.54 Å². The average Bonchev–Trinajstić information content (AvgIpc) is 2.84. The summed E-state index contributed by atoms with van der Waals surface area (Å²) in [5.74, 6) is 2.58. The SMILES string of the molecule is CSCc1ccc(CN[C@@H](C)c2cccc(F)c2)o1. The number of halogens is 1. The third kappa shape index (κ3) is 4.11. The molecule has 0 unspecified atom stereocenters. The Morgan fingerprint density at radius 1 is 1.26 bits per heavy atom. The monoisotopic (exact) mass is 279 g/mol. The third-order valence-electron chi connectivity index (χ3n) is 2.94. The molecule has 2 rings (SSSR count). The third-order valence-corrected chi connectivity index (χ3v) is 3.51. The molecule has 0 bridgehead atoms. The summed E-state index contributed by atoms with van der Waals surface area (Å²) in [6.07, 6.45) is 2.05. The lowest BCUT2D eigenvalue weighted by Gasteiger charge is -2.13. The van der Waals surface area contributed by atoms with Gasteiger partial charge >= 0.3 is 0 Å². The Morgan fingerprint density at radius 3 is 2.79 bits per heavy atom. The van der Waals surface area contributed by atoms with Crippen LogP contribution < -0.4 is 5.32 Å².